The minimum absolute atomic E-state index is 0.513. The summed E-state index contributed by atoms with van der Waals surface area (Å²) < 4.78 is 5.41. The molecule has 1 unspecified atom stereocenters. The van der Waals surface area contributed by atoms with Crippen molar-refractivity contribution >= 4 is 16.5 Å². The Labute approximate surface area is 94.3 Å². The molecule has 5 heteroatoms. The van der Waals surface area contributed by atoms with Gasteiger partial charge in [0.2, 0.25) is 0 Å². The molecule has 15 heavy (non-hydrogen) atoms. The van der Waals surface area contributed by atoms with Crippen molar-refractivity contribution in [2.45, 2.75) is 19.5 Å². The molecule has 1 aromatic heterocycles. The van der Waals surface area contributed by atoms with E-state index in [0.717, 1.165) is 31.4 Å². The number of thiazole rings is 1. The van der Waals surface area contributed by atoms with Gasteiger partial charge in [-0.15, -0.1) is 11.3 Å². The Hall–Kier alpha value is -0.650. The summed E-state index contributed by atoms with van der Waals surface area (Å²) in [5, 5.41) is 4.05. The molecule has 2 heterocycles. The predicted octanol–water partition coefficient (Wildman–Crippen LogP) is 1.41. The number of nitrogens with one attached hydrogen (secondary N) is 1. The summed E-state index contributed by atoms with van der Waals surface area (Å²) in [6, 6.07) is 0.513. The van der Waals surface area contributed by atoms with E-state index in [-0.39, 0.29) is 0 Å². The van der Waals surface area contributed by atoms with Gasteiger partial charge in [-0.05, 0) is 6.92 Å². The van der Waals surface area contributed by atoms with Crippen LogP contribution in [0.25, 0.3) is 0 Å². The maximum atomic E-state index is 5.41. The zero-order valence-corrected chi connectivity index (χ0v) is 10.0. The van der Waals surface area contributed by atoms with Gasteiger partial charge in [-0.25, -0.2) is 4.98 Å². The van der Waals surface area contributed by atoms with Gasteiger partial charge in [0.05, 0.1) is 13.2 Å². The first-order valence-electron chi connectivity index (χ1n) is 5.24. The Morgan fingerprint density at radius 1 is 1.73 bits per heavy atom. The summed E-state index contributed by atoms with van der Waals surface area (Å²) in [4.78, 5) is 8.03. The molecule has 0 amide bonds. The molecule has 0 aliphatic carbocycles. The van der Waals surface area contributed by atoms with Crippen molar-refractivity contribution in [3.8, 4) is 0 Å². The van der Waals surface area contributed by atoms with Crippen LogP contribution in [0.15, 0.2) is 6.20 Å². The first-order valence-corrected chi connectivity index (χ1v) is 6.05. The number of morpholine rings is 1. The van der Waals surface area contributed by atoms with Crippen molar-refractivity contribution in [2.24, 2.45) is 0 Å². The van der Waals surface area contributed by atoms with Gasteiger partial charge in [-0.3, -0.25) is 4.90 Å². The smallest absolute Gasteiger partial charge is 0.182 e. The van der Waals surface area contributed by atoms with Crippen LogP contribution in [0, 0.1) is 0 Å². The van der Waals surface area contributed by atoms with E-state index in [2.05, 4.69) is 22.1 Å². The molecule has 1 aliphatic heterocycles. The fourth-order valence-electron chi connectivity index (χ4n) is 1.69. The molecule has 0 saturated carbocycles. The third kappa shape index (κ3) is 2.68. The van der Waals surface area contributed by atoms with E-state index in [4.69, 9.17) is 4.74 Å². The quantitative estimate of drug-likeness (QED) is 0.847. The maximum absolute atomic E-state index is 5.41. The molecule has 1 aromatic rings. The first-order chi connectivity index (χ1) is 7.29. The van der Waals surface area contributed by atoms with Gasteiger partial charge in [0.25, 0.3) is 0 Å². The summed E-state index contributed by atoms with van der Waals surface area (Å²) in [6.07, 6.45) is 1.96. The van der Waals surface area contributed by atoms with Crippen molar-refractivity contribution in [1.82, 2.24) is 9.88 Å². The minimum Gasteiger partial charge on any atom is -0.379 e. The van der Waals surface area contributed by atoms with Crippen LogP contribution in [-0.2, 0) is 11.3 Å². The highest BCUT2D eigenvalue weighted by Gasteiger charge is 2.19. The lowest BCUT2D eigenvalue weighted by atomic mass is 10.2. The normalized spacial score (nSPS) is 22.9. The predicted molar refractivity (Wildman–Crippen MR) is 62.4 cm³/mol. The van der Waals surface area contributed by atoms with Crippen LogP contribution < -0.4 is 5.32 Å². The Morgan fingerprint density at radius 3 is 3.27 bits per heavy atom. The molecule has 84 valence electrons. The molecular formula is C10H17N3OS. The number of anilines is 1. The summed E-state index contributed by atoms with van der Waals surface area (Å²) in [7, 11) is 1.90. The second-order valence-corrected chi connectivity index (χ2v) is 4.89. The van der Waals surface area contributed by atoms with Crippen LogP contribution in [0.5, 0.6) is 0 Å². The second-order valence-electron chi connectivity index (χ2n) is 3.78. The average Bonchev–Trinajstić information content (AvgIpc) is 2.69. The van der Waals surface area contributed by atoms with Gasteiger partial charge in [0, 0.05) is 37.3 Å². The summed E-state index contributed by atoms with van der Waals surface area (Å²) >= 11 is 1.72. The van der Waals surface area contributed by atoms with Crippen molar-refractivity contribution in [2.75, 3.05) is 32.1 Å². The van der Waals surface area contributed by atoms with Crippen LogP contribution in [0.2, 0.25) is 0 Å². The molecule has 0 bridgehead atoms. The molecule has 0 spiro atoms. The second kappa shape index (κ2) is 4.92. The molecule has 0 radical (unpaired) electrons. The van der Waals surface area contributed by atoms with Gasteiger partial charge in [-0.2, -0.15) is 0 Å². The third-order valence-electron chi connectivity index (χ3n) is 2.63. The summed E-state index contributed by atoms with van der Waals surface area (Å²) in [6.45, 7) is 5.91. The third-order valence-corrected chi connectivity index (χ3v) is 3.63. The Balaban J connectivity index is 1.95. The lowest BCUT2D eigenvalue weighted by molar-refractivity contribution is -0.00393. The number of hydrogen-bond acceptors (Lipinski definition) is 5. The SMILES string of the molecule is CNc1ncc(CN2CCOCC2C)s1. The van der Waals surface area contributed by atoms with Crippen molar-refractivity contribution in [3.63, 3.8) is 0 Å². The Morgan fingerprint density at radius 2 is 2.60 bits per heavy atom. The van der Waals surface area contributed by atoms with E-state index in [1.54, 1.807) is 11.3 Å². The van der Waals surface area contributed by atoms with E-state index >= 15 is 0 Å². The minimum atomic E-state index is 0.513. The Kier molecular flexibility index (Phi) is 3.56. The Bertz CT molecular complexity index is 315. The van der Waals surface area contributed by atoms with Crippen LogP contribution in [0.1, 0.15) is 11.8 Å². The van der Waals surface area contributed by atoms with Gasteiger partial charge in [0.1, 0.15) is 0 Å². The van der Waals surface area contributed by atoms with Crippen molar-refractivity contribution < 1.29 is 4.74 Å². The summed E-state index contributed by atoms with van der Waals surface area (Å²) in [5.41, 5.74) is 0. The van der Waals surface area contributed by atoms with Gasteiger partial charge in [-0.1, -0.05) is 0 Å². The fourth-order valence-corrected chi connectivity index (χ4v) is 2.48. The topological polar surface area (TPSA) is 37.4 Å². The zero-order chi connectivity index (χ0) is 10.7. The van der Waals surface area contributed by atoms with Crippen LogP contribution in [0.3, 0.4) is 0 Å². The van der Waals surface area contributed by atoms with Gasteiger partial charge >= 0.3 is 0 Å². The molecule has 1 saturated heterocycles. The molecular weight excluding hydrogens is 210 g/mol. The van der Waals surface area contributed by atoms with Gasteiger partial charge < -0.3 is 10.1 Å². The highest BCUT2D eigenvalue weighted by molar-refractivity contribution is 7.15. The number of hydrogen-bond donors (Lipinski definition) is 1. The molecule has 2 rings (SSSR count). The van der Waals surface area contributed by atoms with Crippen LogP contribution >= 0.6 is 11.3 Å². The largest absolute Gasteiger partial charge is 0.379 e. The average molecular weight is 227 g/mol. The molecule has 4 nitrogen and oxygen atoms in total. The number of rotatable bonds is 3. The van der Waals surface area contributed by atoms with Crippen molar-refractivity contribution in [3.05, 3.63) is 11.1 Å². The van der Waals surface area contributed by atoms with Crippen molar-refractivity contribution in [1.29, 1.82) is 0 Å². The van der Waals surface area contributed by atoms with E-state index in [0.29, 0.717) is 6.04 Å². The molecule has 1 aliphatic rings. The first kappa shape index (κ1) is 10.9. The number of ether oxygens (including phenoxy) is 1. The number of nitrogens with zero attached hydrogens (tertiary/aromatic N) is 2. The number of aromatic nitrogens is 1. The monoisotopic (exact) mass is 227 g/mol. The lowest BCUT2D eigenvalue weighted by Crippen LogP contribution is -2.42. The van der Waals surface area contributed by atoms with Gasteiger partial charge in [0.15, 0.2) is 5.13 Å². The van der Waals surface area contributed by atoms with E-state index in [1.165, 1.54) is 4.88 Å². The maximum Gasteiger partial charge on any atom is 0.182 e. The van der Waals surface area contributed by atoms with Crippen LogP contribution in [-0.4, -0.2) is 42.7 Å². The van der Waals surface area contributed by atoms with E-state index in [9.17, 15) is 0 Å². The van der Waals surface area contributed by atoms with E-state index in [1.807, 2.05) is 13.2 Å². The fraction of sp³-hybridized carbons (Fsp3) is 0.700. The highest BCUT2D eigenvalue weighted by atomic mass is 32.1. The molecule has 1 atom stereocenters. The standard InChI is InChI=1S/C10H17N3OS/c1-8-7-14-4-3-13(8)6-9-5-12-10(11-2)15-9/h5,8H,3-4,6-7H2,1-2H3,(H,11,12). The molecule has 0 aromatic carbocycles. The summed E-state index contributed by atoms with van der Waals surface area (Å²) in [5.74, 6) is 0. The van der Waals surface area contributed by atoms with Crippen LogP contribution in [0.4, 0.5) is 5.13 Å². The highest BCUT2D eigenvalue weighted by Crippen LogP contribution is 2.20. The molecule has 1 fully saturated rings. The van der Waals surface area contributed by atoms with E-state index < -0.39 is 0 Å². The molecule has 1 N–H and O–H groups in total. The lowest BCUT2D eigenvalue weighted by Gasteiger charge is -2.32. The zero-order valence-electron chi connectivity index (χ0n) is 9.19.